The van der Waals surface area contributed by atoms with Crippen molar-refractivity contribution in [1.29, 1.82) is 0 Å². The van der Waals surface area contributed by atoms with Crippen LogP contribution in [0.5, 0.6) is 0 Å². The fraction of sp³-hybridized carbons (Fsp3) is 0.100. The van der Waals surface area contributed by atoms with Gasteiger partial charge in [-0.25, -0.2) is 4.98 Å². The number of hydrogen-bond donors (Lipinski definition) is 1. The Morgan fingerprint density at radius 3 is 2.84 bits per heavy atom. The summed E-state index contributed by atoms with van der Waals surface area (Å²) in [5.41, 5.74) is 5.96. The van der Waals surface area contributed by atoms with Crippen LogP contribution in [0, 0.1) is 3.57 Å². The van der Waals surface area contributed by atoms with Crippen LogP contribution in [0.15, 0.2) is 72.4 Å². The molecule has 0 atom stereocenters. The van der Waals surface area contributed by atoms with E-state index in [1.54, 1.807) is 6.20 Å². The van der Waals surface area contributed by atoms with E-state index >= 15 is 0 Å². The summed E-state index contributed by atoms with van der Waals surface area (Å²) in [6.07, 6.45) is 9.62. The van der Waals surface area contributed by atoms with E-state index in [1.807, 2.05) is 18.7 Å². The number of aliphatic imine (C=N–C) groups is 1. The number of hydrogen-bond acceptors (Lipinski definition) is 3. The Balaban J connectivity index is 1.49. The van der Waals surface area contributed by atoms with E-state index in [0.29, 0.717) is 6.54 Å². The molecule has 0 aliphatic carbocycles. The van der Waals surface area contributed by atoms with E-state index in [-0.39, 0.29) is 0 Å². The second-order valence-corrected chi connectivity index (χ2v) is 7.19. The van der Waals surface area contributed by atoms with Crippen molar-refractivity contribution in [2.24, 2.45) is 4.99 Å². The molecule has 0 fully saturated rings. The summed E-state index contributed by atoms with van der Waals surface area (Å²) in [6.45, 7) is 1.54. The first-order chi connectivity index (χ1) is 12.3. The van der Waals surface area contributed by atoms with Gasteiger partial charge in [0.05, 0.1) is 12.9 Å². The first-order valence-corrected chi connectivity index (χ1v) is 9.16. The van der Waals surface area contributed by atoms with Gasteiger partial charge in [-0.3, -0.25) is 4.99 Å². The molecule has 0 spiro atoms. The fourth-order valence-corrected chi connectivity index (χ4v) is 3.33. The minimum absolute atomic E-state index is 0.707. The third kappa shape index (κ3) is 3.82. The molecule has 0 radical (unpaired) electrons. The first-order valence-electron chi connectivity index (χ1n) is 8.08. The number of imidazole rings is 1. The van der Waals surface area contributed by atoms with Gasteiger partial charge >= 0.3 is 0 Å². The van der Waals surface area contributed by atoms with E-state index in [4.69, 9.17) is 0 Å². The average Bonchev–Trinajstić information content (AvgIpc) is 3.14. The lowest BCUT2D eigenvalue weighted by atomic mass is 9.99. The van der Waals surface area contributed by atoms with E-state index in [9.17, 15) is 0 Å². The molecule has 1 aromatic heterocycles. The molecule has 2 heterocycles. The molecule has 25 heavy (non-hydrogen) atoms. The maximum Gasteiger partial charge on any atom is 0.0949 e. The molecule has 4 nitrogen and oxygen atoms in total. The summed E-state index contributed by atoms with van der Waals surface area (Å²) >= 11 is 2.35. The third-order valence-corrected chi connectivity index (χ3v) is 4.82. The summed E-state index contributed by atoms with van der Waals surface area (Å²) in [6, 6.07) is 14.9. The van der Waals surface area contributed by atoms with Crippen LogP contribution in [0.1, 0.15) is 16.7 Å². The summed E-state index contributed by atoms with van der Waals surface area (Å²) in [4.78, 5) is 8.53. The smallest absolute Gasteiger partial charge is 0.0949 e. The first kappa shape index (κ1) is 16.1. The van der Waals surface area contributed by atoms with Crippen molar-refractivity contribution in [2.75, 3.05) is 11.9 Å². The topological polar surface area (TPSA) is 42.2 Å². The lowest BCUT2D eigenvalue weighted by molar-refractivity contribution is 0.797. The maximum atomic E-state index is 4.45. The Hall–Kier alpha value is -2.41. The number of nitrogens with zero attached hydrogens (tertiary/aromatic N) is 3. The Morgan fingerprint density at radius 2 is 2.04 bits per heavy atom. The molecule has 5 heteroatoms. The fourth-order valence-electron chi connectivity index (χ4n) is 2.84. The normalized spacial score (nSPS) is 14.5. The Bertz CT molecular complexity index is 925. The van der Waals surface area contributed by atoms with Crippen LogP contribution < -0.4 is 5.32 Å². The molecular formula is C20H17IN4. The number of aromatic nitrogens is 2. The third-order valence-electron chi connectivity index (χ3n) is 4.14. The second kappa shape index (κ2) is 7.23. The molecule has 2 aromatic carbocycles. The number of fused-ring (bicyclic) bond motifs is 1. The van der Waals surface area contributed by atoms with Crippen molar-refractivity contribution in [3.63, 3.8) is 0 Å². The quantitative estimate of drug-likeness (QED) is 0.611. The highest BCUT2D eigenvalue weighted by atomic mass is 127. The average molecular weight is 440 g/mol. The summed E-state index contributed by atoms with van der Waals surface area (Å²) in [5.74, 6) is 0. The van der Waals surface area contributed by atoms with Crippen LogP contribution in [-0.2, 0) is 6.54 Å². The monoisotopic (exact) mass is 440 g/mol. The molecule has 0 amide bonds. The van der Waals surface area contributed by atoms with Crippen molar-refractivity contribution in [1.82, 2.24) is 9.55 Å². The van der Waals surface area contributed by atoms with Gasteiger partial charge < -0.3 is 9.88 Å². The van der Waals surface area contributed by atoms with E-state index in [0.717, 1.165) is 12.2 Å². The van der Waals surface area contributed by atoms with Crippen molar-refractivity contribution in [3.05, 3.63) is 87.6 Å². The van der Waals surface area contributed by atoms with Crippen LogP contribution in [0.4, 0.5) is 5.69 Å². The number of anilines is 1. The van der Waals surface area contributed by atoms with E-state index in [2.05, 4.69) is 91.1 Å². The van der Waals surface area contributed by atoms with Gasteiger partial charge in [-0.1, -0.05) is 18.2 Å². The maximum absolute atomic E-state index is 4.45. The van der Waals surface area contributed by atoms with Gasteiger partial charge in [-0.15, -0.1) is 0 Å². The molecule has 1 aliphatic rings. The van der Waals surface area contributed by atoms with Crippen LogP contribution >= 0.6 is 22.6 Å². The molecule has 0 saturated carbocycles. The van der Waals surface area contributed by atoms with Crippen molar-refractivity contribution < 1.29 is 0 Å². The molecule has 124 valence electrons. The van der Waals surface area contributed by atoms with Gasteiger partial charge in [0.25, 0.3) is 0 Å². The highest BCUT2D eigenvalue weighted by Gasteiger charge is 2.11. The zero-order valence-electron chi connectivity index (χ0n) is 13.6. The van der Waals surface area contributed by atoms with Gasteiger partial charge in [0.1, 0.15) is 0 Å². The van der Waals surface area contributed by atoms with Gasteiger partial charge in [0.2, 0.25) is 0 Å². The van der Waals surface area contributed by atoms with Crippen molar-refractivity contribution >= 4 is 40.1 Å². The molecule has 4 rings (SSSR count). The lowest BCUT2D eigenvalue weighted by Gasteiger charge is -2.15. The van der Waals surface area contributed by atoms with Gasteiger partial charge in [0.15, 0.2) is 0 Å². The Morgan fingerprint density at radius 1 is 1.16 bits per heavy atom. The van der Waals surface area contributed by atoms with Gasteiger partial charge in [-0.2, -0.15) is 0 Å². The van der Waals surface area contributed by atoms with Crippen molar-refractivity contribution in [3.8, 4) is 0 Å². The lowest BCUT2D eigenvalue weighted by Crippen LogP contribution is -2.04. The van der Waals surface area contributed by atoms with Crippen LogP contribution in [0.3, 0.4) is 0 Å². The standard InChI is InChI=1S/C20H17IN4/c21-18-4-3-16-10-23-11-17(20(16)9-18)12-24-19-5-1-15(2-6-19)13-25-8-7-22-14-25/h1-10,12,14,24H,11,13H2. The van der Waals surface area contributed by atoms with Crippen LogP contribution in [0.25, 0.3) is 5.57 Å². The molecule has 1 N–H and O–H groups in total. The number of halogens is 1. The highest BCUT2D eigenvalue weighted by molar-refractivity contribution is 14.1. The predicted molar refractivity (Wildman–Crippen MR) is 111 cm³/mol. The molecular weight excluding hydrogens is 423 g/mol. The van der Waals surface area contributed by atoms with Gasteiger partial charge in [-0.05, 0) is 69.1 Å². The number of rotatable bonds is 4. The van der Waals surface area contributed by atoms with Crippen LogP contribution in [-0.4, -0.2) is 22.3 Å². The summed E-state index contributed by atoms with van der Waals surface area (Å²) in [5, 5.41) is 3.40. The minimum atomic E-state index is 0.707. The predicted octanol–water partition coefficient (Wildman–Crippen LogP) is 4.42. The molecule has 0 bridgehead atoms. The molecule has 0 unspecified atom stereocenters. The van der Waals surface area contributed by atoms with Crippen LogP contribution in [0.2, 0.25) is 0 Å². The van der Waals surface area contributed by atoms with E-state index < -0.39 is 0 Å². The second-order valence-electron chi connectivity index (χ2n) is 5.95. The van der Waals surface area contributed by atoms with E-state index in [1.165, 1.54) is 25.8 Å². The van der Waals surface area contributed by atoms with Gasteiger partial charge in [0, 0.05) is 40.6 Å². The molecule has 1 aliphatic heterocycles. The number of benzene rings is 2. The Kier molecular flexibility index (Phi) is 4.65. The highest BCUT2D eigenvalue weighted by Crippen LogP contribution is 2.24. The molecule has 0 saturated heterocycles. The molecule has 3 aromatic rings. The Labute approximate surface area is 160 Å². The number of nitrogens with one attached hydrogen (secondary N) is 1. The zero-order valence-corrected chi connectivity index (χ0v) is 15.7. The largest absolute Gasteiger partial charge is 0.361 e. The summed E-state index contributed by atoms with van der Waals surface area (Å²) in [7, 11) is 0. The SMILES string of the molecule is Ic1ccc2c(c1)C(=CNc1ccc(Cn3ccnc3)cc1)CN=C2. The minimum Gasteiger partial charge on any atom is -0.361 e. The van der Waals surface area contributed by atoms with Crippen molar-refractivity contribution in [2.45, 2.75) is 6.54 Å². The zero-order chi connectivity index (χ0) is 17.1. The summed E-state index contributed by atoms with van der Waals surface area (Å²) < 4.78 is 3.30.